The van der Waals surface area contributed by atoms with E-state index in [1.54, 1.807) is 6.07 Å². The topological polar surface area (TPSA) is 35.6 Å². The van der Waals surface area contributed by atoms with Gasteiger partial charge in [-0.25, -0.2) is 8.78 Å². The van der Waals surface area contributed by atoms with E-state index in [1.165, 1.54) is 12.1 Å². The molecular formula is C23H29Cl2F2N3O. The Kier molecular flexibility index (Phi) is 9.69. The molecule has 0 bridgehead atoms. The molecule has 170 valence electrons. The number of benzene rings is 2. The van der Waals surface area contributed by atoms with Gasteiger partial charge in [-0.3, -0.25) is 9.69 Å². The Hall–Kier alpha value is -1.73. The van der Waals surface area contributed by atoms with Gasteiger partial charge in [0.2, 0.25) is 0 Å². The van der Waals surface area contributed by atoms with Gasteiger partial charge in [0.05, 0.1) is 0 Å². The Bertz CT molecular complexity index is 870. The lowest BCUT2D eigenvalue weighted by molar-refractivity contribution is 0.0627. The number of nitrogens with zero attached hydrogens (tertiary/aromatic N) is 2. The van der Waals surface area contributed by atoms with Crippen LogP contribution < -0.4 is 5.32 Å². The number of halogens is 4. The van der Waals surface area contributed by atoms with Gasteiger partial charge in [-0.05, 0) is 61.2 Å². The largest absolute Gasteiger partial charge is 0.336 e. The highest BCUT2D eigenvalue weighted by molar-refractivity contribution is 5.95. The van der Waals surface area contributed by atoms with Crippen LogP contribution in [-0.4, -0.2) is 55.0 Å². The molecule has 1 unspecified atom stereocenters. The van der Waals surface area contributed by atoms with Crippen molar-refractivity contribution in [1.82, 2.24) is 15.1 Å². The average molecular weight is 472 g/mol. The lowest BCUT2D eigenvalue weighted by Gasteiger charge is -2.35. The summed E-state index contributed by atoms with van der Waals surface area (Å²) >= 11 is 0. The SMILES string of the molecule is Cl.Cl.O=C(c1ccccc1CC1CCNC1)N1CCN(Cc2ccc(F)c(F)c2)CC1. The molecule has 1 atom stereocenters. The normalized spacial score (nSPS) is 18.9. The van der Waals surface area contributed by atoms with Gasteiger partial charge in [-0.2, -0.15) is 0 Å². The molecular weight excluding hydrogens is 443 g/mol. The fourth-order valence-electron chi connectivity index (χ4n) is 4.28. The van der Waals surface area contributed by atoms with Gasteiger partial charge in [-0.1, -0.05) is 24.3 Å². The summed E-state index contributed by atoms with van der Waals surface area (Å²) < 4.78 is 26.5. The van der Waals surface area contributed by atoms with Crippen LogP contribution in [0.2, 0.25) is 0 Å². The third-order valence-corrected chi connectivity index (χ3v) is 5.97. The first-order valence-electron chi connectivity index (χ1n) is 10.3. The summed E-state index contributed by atoms with van der Waals surface area (Å²) in [6.45, 7) is 5.36. The summed E-state index contributed by atoms with van der Waals surface area (Å²) in [5.41, 5.74) is 2.70. The molecule has 1 amide bonds. The van der Waals surface area contributed by atoms with Crippen LogP contribution >= 0.6 is 24.8 Å². The van der Waals surface area contributed by atoms with Crippen LogP contribution in [0.25, 0.3) is 0 Å². The molecule has 4 nitrogen and oxygen atoms in total. The van der Waals surface area contributed by atoms with Crippen LogP contribution in [0, 0.1) is 17.6 Å². The average Bonchev–Trinajstić information content (AvgIpc) is 3.24. The van der Waals surface area contributed by atoms with Crippen LogP contribution in [0.15, 0.2) is 42.5 Å². The van der Waals surface area contributed by atoms with Crippen molar-refractivity contribution in [2.75, 3.05) is 39.3 Å². The number of carbonyl (C=O) groups excluding carboxylic acids is 1. The molecule has 0 spiro atoms. The number of hydrogen-bond acceptors (Lipinski definition) is 3. The van der Waals surface area contributed by atoms with E-state index in [1.807, 2.05) is 23.1 Å². The van der Waals surface area contributed by atoms with Crippen LogP contribution in [0.4, 0.5) is 8.78 Å². The number of rotatable bonds is 5. The fourth-order valence-corrected chi connectivity index (χ4v) is 4.28. The van der Waals surface area contributed by atoms with Crippen molar-refractivity contribution in [1.29, 1.82) is 0 Å². The molecule has 2 aromatic rings. The third kappa shape index (κ3) is 6.39. The van der Waals surface area contributed by atoms with Crippen molar-refractivity contribution in [3.8, 4) is 0 Å². The second-order valence-corrected chi connectivity index (χ2v) is 8.04. The predicted molar refractivity (Wildman–Crippen MR) is 123 cm³/mol. The standard InChI is InChI=1S/C23H27F2N3O.2ClH/c24-21-6-5-18(14-22(21)25)16-27-9-11-28(12-10-27)23(29)20-4-2-1-3-19(20)13-17-7-8-26-15-17;;/h1-6,14,17,26H,7-13,15-16H2;2*1H. The van der Waals surface area contributed by atoms with E-state index < -0.39 is 11.6 Å². The van der Waals surface area contributed by atoms with Crippen molar-refractivity contribution in [3.05, 3.63) is 70.8 Å². The number of piperazine rings is 1. The number of hydrogen-bond donors (Lipinski definition) is 1. The molecule has 2 aliphatic heterocycles. The quantitative estimate of drug-likeness (QED) is 0.717. The van der Waals surface area contributed by atoms with Gasteiger partial charge >= 0.3 is 0 Å². The Balaban J connectivity index is 0.00000171. The molecule has 4 rings (SSSR count). The summed E-state index contributed by atoms with van der Waals surface area (Å²) in [5, 5.41) is 3.39. The molecule has 2 aliphatic rings. The van der Waals surface area contributed by atoms with Gasteiger partial charge in [-0.15, -0.1) is 24.8 Å². The van der Waals surface area contributed by atoms with E-state index in [0.717, 1.165) is 55.7 Å². The van der Waals surface area contributed by atoms with Crippen LogP contribution in [0.5, 0.6) is 0 Å². The zero-order valence-corrected chi connectivity index (χ0v) is 19.0. The third-order valence-electron chi connectivity index (χ3n) is 5.97. The van der Waals surface area contributed by atoms with Gasteiger partial charge < -0.3 is 10.2 Å². The molecule has 2 aromatic carbocycles. The molecule has 0 aromatic heterocycles. The minimum absolute atomic E-state index is 0. The highest BCUT2D eigenvalue weighted by atomic mass is 35.5. The van der Waals surface area contributed by atoms with Crippen molar-refractivity contribution in [2.45, 2.75) is 19.4 Å². The Morgan fingerprint density at radius 2 is 1.74 bits per heavy atom. The summed E-state index contributed by atoms with van der Waals surface area (Å²) in [6.07, 6.45) is 2.09. The second kappa shape index (κ2) is 11.8. The van der Waals surface area contributed by atoms with Crippen molar-refractivity contribution in [2.24, 2.45) is 5.92 Å². The number of carbonyl (C=O) groups is 1. The van der Waals surface area contributed by atoms with Gasteiger partial charge in [0.25, 0.3) is 5.91 Å². The first-order valence-corrected chi connectivity index (χ1v) is 10.3. The van der Waals surface area contributed by atoms with E-state index in [2.05, 4.69) is 16.3 Å². The summed E-state index contributed by atoms with van der Waals surface area (Å²) in [6, 6.07) is 12.0. The summed E-state index contributed by atoms with van der Waals surface area (Å²) in [7, 11) is 0. The van der Waals surface area contributed by atoms with Crippen molar-refractivity contribution in [3.63, 3.8) is 0 Å². The van der Waals surface area contributed by atoms with E-state index in [0.29, 0.717) is 25.6 Å². The summed E-state index contributed by atoms with van der Waals surface area (Å²) in [5.74, 6) is -0.947. The van der Waals surface area contributed by atoms with Crippen LogP contribution in [0.1, 0.15) is 27.9 Å². The smallest absolute Gasteiger partial charge is 0.254 e. The predicted octanol–water partition coefficient (Wildman–Crippen LogP) is 3.92. The second-order valence-electron chi connectivity index (χ2n) is 8.04. The first-order chi connectivity index (χ1) is 14.1. The fraction of sp³-hybridized carbons (Fsp3) is 0.435. The molecule has 2 saturated heterocycles. The highest BCUT2D eigenvalue weighted by Gasteiger charge is 2.25. The van der Waals surface area contributed by atoms with E-state index >= 15 is 0 Å². The van der Waals surface area contributed by atoms with Gasteiger partial charge in [0.1, 0.15) is 0 Å². The molecule has 2 heterocycles. The molecule has 1 N–H and O–H groups in total. The van der Waals surface area contributed by atoms with Crippen molar-refractivity contribution < 1.29 is 13.6 Å². The first kappa shape index (κ1) is 25.5. The van der Waals surface area contributed by atoms with Crippen molar-refractivity contribution >= 4 is 30.7 Å². The Morgan fingerprint density at radius 1 is 1.00 bits per heavy atom. The molecule has 0 aliphatic carbocycles. The maximum Gasteiger partial charge on any atom is 0.254 e. The molecule has 31 heavy (non-hydrogen) atoms. The minimum atomic E-state index is -0.823. The lowest BCUT2D eigenvalue weighted by atomic mass is 9.94. The van der Waals surface area contributed by atoms with Gasteiger partial charge in [0, 0.05) is 38.3 Å². The van der Waals surface area contributed by atoms with E-state index in [9.17, 15) is 13.6 Å². The highest BCUT2D eigenvalue weighted by Crippen LogP contribution is 2.21. The summed E-state index contributed by atoms with van der Waals surface area (Å²) in [4.78, 5) is 17.2. The monoisotopic (exact) mass is 471 g/mol. The maximum absolute atomic E-state index is 13.4. The van der Waals surface area contributed by atoms with E-state index in [4.69, 9.17) is 0 Å². The molecule has 0 radical (unpaired) electrons. The number of amides is 1. The van der Waals surface area contributed by atoms with Gasteiger partial charge in [0.15, 0.2) is 11.6 Å². The molecule has 0 saturated carbocycles. The zero-order valence-electron chi connectivity index (χ0n) is 17.4. The molecule has 2 fully saturated rings. The maximum atomic E-state index is 13.4. The number of nitrogens with one attached hydrogen (secondary N) is 1. The Labute approximate surface area is 194 Å². The lowest BCUT2D eigenvalue weighted by Crippen LogP contribution is -2.48. The molecule has 8 heteroatoms. The zero-order chi connectivity index (χ0) is 20.2. The van der Waals surface area contributed by atoms with Crippen LogP contribution in [0.3, 0.4) is 0 Å². The van der Waals surface area contributed by atoms with Crippen LogP contribution in [-0.2, 0) is 13.0 Å². The Morgan fingerprint density at radius 3 is 2.42 bits per heavy atom. The minimum Gasteiger partial charge on any atom is -0.336 e. The van der Waals surface area contributed by atoms with E-state index in [-0.39, 0.29) is 30.7 Å².